The summed E-state index contributed by atoms with van der Waals surface area (Å²) in [5.41, 5.74) is 0. The zero-order valence-electron chi connectivity index (χ0n) is 9.14. The van der Waals surface area contributed by atoms with Crippen molar-refractivity contribution in [1.29, 1.82) is 0 Å². The van der Waals surface area contributed by atoms with Crippen molar-refractivity contribution in [2.45, 2.75) is 33.3 Å². The van der Waals surface area contributed by atoms with Crippen LogP contribution in [0.1, 0.15) is 27.2 Å². The van der Waals surface area contributed by atoms with Crippen molar-refractivity contribution in [3.63, 3.8) is 0 Å². The molecule has 0 N–H and O–H groups in total. The van der Waals surface area contributed by atoms with Gasteiger partial charge < -0.3 is 4.52 Å². The van der Waals surface area contributed by atoms with Crippen molar-refractivity contribution in [3.8, 4) is 0 Å². The predicted molar refractivity (Wildman–Crippen MR) is 62.6 cm³/mol. The molecule has 0 aliphatic carbocycles. The number of hydrogen-bond donors (Lipinski definition) is 0. The third kappa shape index (κ3) is 5.21. The average Bonchev–Trinajstić information content (AvgIpc) is 2.04. The fourth-order valence-corrected chi connectivity index (χ4v) is 2.81. The molecule has 1 atom stereocenters. The standard InChI is InChI=1S/C11H19O2P/c1-5-8-11(4)13-14(12,9-6-2)10-7-3/h5-7,9-11H,1,8H2,2-4H3/b9-6-,10-7-. The first-order valence-electron chi connectivity index (χ1n) is 4.74. The van der Waals surface area contributed by atoms with Crippen molar-refractivity contribution in [1.82, 2.24) is 0 Å². The summed E-state index contributed by atoms with van der Waals surface area (Å²) in [4.78, 5) is 0. The smallest absolute Gasteiger partial charge is 0.246 e. The lowest BCUT2D eigenvalue weighted by Gasteiger charge is -2.16. The van der Waals surface area contributed by atoms with Crippen LogP contribution in [0, 0.1) is 0 Å². The lowest BCUT2D eigenvalue weighted by atomic mass is 10.3. The lowest BCUT2D eigenvalue weighted by molar-refractivity contribution is 0.235. The van der Waals surface area contributed by atoms with Crippen molar-refractivity contribution in [3.05, 3.63) is 36.4 Å². The maximum Gasteiger partial charge on any atom is 0.246 e. The largest absolute Gasteiger partial charge is 0.319 e. The van der Waals surface area contributed by atoms with Crippen LogP contribution < -0.4 is 0 Å². The van der Waals surface area contributed by atoms with E-state index in [0.29, 0.717) is 6.42 Å². The molecule has 0 aromatic rings. The Balaban J connectivity index is 4.52. The summed E-state index contributed by atoms with van der Waals surface area (Å²) in [6, 6.07) is 0. The van der Waals surface area contributed by atoms with Crippen LogP contribution in [0.2, 0.25) is 0 Å². The van der Waals surface area contributed by atoms with Crippen LogP contribution in [0.3, 0.4) is 0 Å². The van der Waals surface area contributed by atoms with Gasteiger partial charge in [0.1, 0.15) is 0 Å². The molecule has 0 fully saturated rings. The molecule has 0 heterocycles. The fraction of sp³-hybridized carbons (Fsp3) is 0.455. The second kappa shape index (κ2) is 6.80. The van der Waals surface area contributed by atoms with Crippen molar-refractivity contribution < 1.29 is 9.09 Å². The normalized spacial score (nSPS) is 15.1. The molecule has 14 heavy (non-hydrogen) atoms. The Morgan fingerprint density at radius 1 is 1.36 bits per heavy atom. The van der Waals surface area contributed by atoms with Gasteiger partial charge in [0.05, 0.1) is 6.10 Å². The highest BCUT2D eigenvalue weighted by Crippen LogP contribution is 2.51. The summed E-state index contributed by atoms with van der Waals surface area (Å²) < 4.78 is 17.5. The first kappa shape index (κ1) is 13.4. The molecule has 0 aromatic heterocycles. The molecule has 0 saturated heterocycles. The predicted octanol–water partition coefficient (Wildman–Crippen LogP) is 4.31. The Hall–Kier alpha value is -0.590. The molecular formula is C11H19O2P. The lowest BCUT2D eigenvalue weighted by Crippen LogP contribution is -2.03. The Bertz CT molecular complexity index is 250. The summed E-state index contributed by atoms with van der Waals surface area (Å²) >= 11 is 0. The molecule has 0 aliphatic rings. The minimum Gasteiger partial charge on any atom is -0.319 e. The van der Waals surface area contributed by atoms with E-state index in [1.54, 1.807) is 29.9 Å². The molecule has 0 amide bonds. The zero-order chi connectivity index (χ0) is 11.0. The molecule has 0 aliphatic heterocycles. The Morgan fingerprint density at radius 2 is 1.86 bits per heavy atom. The summed E-state index contributed by atoms with van der Waals surface area (Å²) in [6.45, 7) is 9.17. The highest BCUT2D eigenvalue weighted by Gasteiger charge is 2.17. The van der Waals surface area contributed by atoms with Crippen LogP contribution in [-0.2, 0) is 9.09 Å². The van der Waals surface area contributed by atoms with E-state index >= 15 is 0 Å². The van der Waals surface area contributed by atoms with Crippen LogP contribution in [-0.4, -0.2) is 6.10 Å². The van der Waals surface area contributed by atoms with Gasteiger partial charge in [0, 0.05) is 11.6 Å². The molecular weight excluding hydrogens is 195 g/mol. The molecule has 80 valence electrons. The van der Waals surface area contributed by atoms with Crippen molar-refractivity contribution in [2.24, 2.45) is 0 Å². The second-order valence-corrected chi connectivity index (χ2v) is 5.15. The van der Waals surface area contributed by atoms with Gasteiger partial charge in [-0.25, -0.2) is 0 Å². The number of allylic oxidation sites excluding steroid dienone is 2. The first-order valence-corrected chi connectivity index (χ1v) is 6.50. The van der Waals surface area contributed by atoms with Gasteiger partial charge in [-0.3, -0.25) is 4.57 Å². The Labute approximate surface area is 86.8 Å². The summed E-state index contributed by atoms with van der Waals surface area (Å²) in [5, 5.41) is 0. The molecule has 0 bridgehead atoms. The maximum absolute atomic E-state index is 12.1. The van der Waals surface area contributed by atoms with E-state index in [1.165, 1.54) is 0 Å². The molecule has 0 radical (unpaired) electrons. The van der Waals surface area contributed by atoms with Gasteiger partial charge in [-0.1, -0.05) is 18.2 Å². The van der Waals surface area contributed by atoms with E-state index < -0.39 is 7.37 Å². The molecule has 1 unspecified atom stereocenters. The second-order valence-electron chi connectivity index (χ2n) is 3.05. The van der Waals surface area contributed by atoms with Gasteiger partial charge in [-0.15, -0.1) is 6.58 Å². The van der Waals surface area contributed by atoms with Crippen LogP contribution in [0.15, 0.2) is 36.4 Å². The third-order valence-corrected chi connectivity index (χ3v) is 3.67. The summed E-state index contributed by atoms with van der Waals surface area (Å²) in [7, 11) is -2.71. The van der Waals surface area contributed by atoms with Gasteiger partial charge in [0.15, 0.2) is 0 Å². The highest BCUT2D eigenvalue weighted by atomic mass is 31.2. The van der Waals surface area contributed by atoms with Crippen LogP contribution in [0.4, 0.5) is 0 Å². The summed E-state index contributed by atoms with van der Waals surface area (Å²) in [5.74, 6) is 3.24. The van der Waals surface area contributed by atoms with Crippen LogP contribution in [0.25, 0.3) is 0 Å². The minimum absolute atomic E-state index is 0.0641. The van der Waals surface area contributed by atoms with Gasteiger partial charge in [0.25, 0.3) is 0 Å². The Morgan fingerprint density at radius 3 is 2.21 bits per heavy atom. The minimum atomic E-state index is -2.71. The van der Waals surface area contributed by atoms with Gasteiger partial charge >= 0.3 is 0 Å². The topological polar surface area (TPSA) is 26.3 Å². The van der Waals surface area contributed by atoms with Gasteiger partial charge in [-0.05, 0) is 27.2 Å². The third-order valence-electron chi connectivity index (χ3n) is 1.56. The zero-order valence-corrected chi connectivity index (χ0v) is 10.0. The van der Waals surface area contributed by atoms with Crippen LogP contribution >= 0.6 is 7.37 Å². The van der Waals surface area contributed by atoms with E-state index in [0.717, 1.165) is 0 Å². The molecule has 0 spiro atoms. The van der Waals surface area contributed by atoms with Crippen molar-refractivity contribution in [2.75, 3.05) is 0 Å². The van der Waals surface area contributed by atoms with E-state index in [2.05, 4.69) is 6.58 Å². The molecule has 0 saturated carbocycles. The number of hydrogen-bond acceptors (Lipinski definition) is 2. The summed E-state index contributed by atoms with van der Waals surface area (Å²) in [6.07, 6.45) is 5.91. The molecule has 2 nitrogen and oxygen atoms in total. The van der Waals surface area contributed by atoms with Crippen molar-refractivity contribution >= 4 is 7.37 Å². The van der Waals surface area contributed by atoms with E-state index in [4.69, 9.17) is 4.52 Å². The maximum atomic E-state index is 12.1. The number of rotatable bonds is 6. The van der Waals surface area contributed by atoms with Gasteiger partial charge in [0.2, 0.25) is 7.37 Å². The van der Waals surface area contributed by atoms with E-state index in [-0.39, 0.29) is 6.10 Å². The quantitative estimate of drug-likeness (QED) is 0.486. The highest BCUT2D eigenvalue weighted by molar-refractivity contribution is 7.65. The Kier molecular flexibility index (Phi) is 6.52. The van der Waals surface area contributed by atoms with Crippen LogP contribution in [0.5, 0.6) is 0 Å². The molecule has 0 aromatic carbocycles. The average molecular weight is 214 g/mol. The monoisotopic (exact) mass is 214 g/mol. The fourth-order valence-electron chi connectivity index (χ4n) is 1.09. The first-order chi connectivity index (χ1) is 6.58. The SMILES string of the molecule is C=CCC(C)OP(=O)(/C=C\C)/C=C\C. The van der Waals surface area contributed by atoms with Gasteiger partial charge in [-0.2, -0.15) is 0 Å². The molecule has 3 heteroatoms. The van der Waals surface area contributed by atoms with E-state index in [9.17, 15) is 4.57 Å². The van der Waals surface area contributed by atoms with E-state index in [1.807, 2.05) is 20.8 Å². The molecule has 0 rings (SSSR count).